The Labute approximate surface area is 369 Å². The van der Waals surface area contributed by atoms with E-state index in [4.69, 9.17) is 33.1 Å². The van der Waals surface area contributed by atoms with Crippen molar-refractivity contribution in [3.05, 3.63) is 0 Å². The molecule has 0 heterocycles. The number of carboxylic acid groups (broad SMARTS) is 1. The van der Waals surface area contributed by atoms with Crippen LogP contribution in [0, 0.1) is 0 Å². The van der Waals surface area contributed by atoms with Gasteiger partial charge in [0, 0.05) is 19.4 Å². The van der Waals surface area contributed by atoms with Crippen molar-refractivity contribution in [3.8, 4) is 0 Å². The number of carbonyl (C=O) groups is 4. The summed E-state index contributed by atoms with van der Waals surface area (Å²) in [5.41, 5.74) is 0. The number of hydrogen-bond acceptors (Lipinski definition) is 11. The van der Waals surface area contributed by atoms with Crippen LogP contribution in [0.1, 0.15) is 219 Å². The van der Waals surface area contributed by atoms with Crippen LogP contribution in [0.25, 0.3) is 0 Å². The average Bonchev–Trinajstić information content (AvgIpc) is 3.23. The summed E-state index contributed by atoms with van der Waals surface area (Å²) < 4.78 is 43.0. The molecule has 3 N–H and O–H groups in total. The van der Waals surface area contributed by atoms with Crippen molar-refractivity contribution in [2.45, 2.75) is 225 Å². The summed E-state index contributed by atoms with van der Waals surface area (Å²) >= 11 is 0. The SMILES string of the molecule is CCCCCCCCCCCCCCCCCC(=O)OCC(COP(=O)(O)OCCNC(=O)OCCOCC(=O)O)OC(=O)CCCCCCCCCCCCCCCCC. The largest absolute Gasteiger partial charge is 0.480 e. The number of esters is 2. The molecule has 0 bridgehead atoms. The first-order valence-corrected chi connectivity index (χ1v) is 25.8. The Bertz CT molecular complexity index is 1100. The van der Waals surface area contributed by atoms with E-state index >= 15 is 0 Å². The van der Waals surface area contributed by atoms with Gasteiger partial charge in [-0.1, -0.05) is 194 Å². The van der Waals surface area contributed by atoms with Gasteiger partial charge in [-0.05, 0) is 12.8 Å². The third kappa shape index (κ3) is 45.6. The maximum Gasteiger partial charge on any atom is 0.472 e. The lowest BCUT2D eigenvalue weighted by Gasteiger charge is -2.20. The lowest BCUT2D eigenvalue weighted by atomic mass is 10.0. The molecule has 2 atom stereocenters. The third-order valence-electron chi connectivity index (χ3n) is 10.4. The highest BCUT2D eigenvalue weighted by Gasteiger charge is 2.26. The number of rotatable bonds is 47. The van der Waals surface area contributed by atoms with Gasteiger partial charge in [-0.2, -0.15) is 0 Å². The van der Waals surface area contributed by atoms with Crippen LogP contribution in [-0.4, -0.2) is 86.3 Å². The van der Waals surface area contributed by atoms with Crippen LogP contribution >= 0.6 is 7.82 Å². The van der Waals surface area contributed by atoms with E-state index in [1.165, 1.54) is 141 Å². The third-order valence-corrected chi connectivity index (χ3v) is 11.4. The van der Waals surface area contributed by atoms with Gasteiger partial charge in [-0.3, -0.25) is 18.6 Å². The Morgan fingerprint density at radius 3 is 1.34 bits per heavy atom. The van der Waals surface area contributed by atoms with E-state index in [9.17, 15) is 28.6 Å². The number of aliphatic carboxylic acids is 1. The van der Waals surface area contributed by atoms with Gasteiger partial charge in [0.1, 0.15) is 19.8 Å². The fourth-order valence-corrected chi connectivity index (χ4v) is 7.58. The van der Waals surface area contributed by atoms with E-state index < -0.39 is 57.7 Å². The van der Waals surface area contributed by atoms with Crippen molar-refractivity contribution in [1.82, 2.24) is 5.32 Å². The first-order valence-electron chi connectivity index (χ1n) is 24.3. The van der Waals surface area contributed by atoms with Gasteiger partial charge in [0.05, 0.1) is 19.8 Å². The highest BCUT2D eigenvalue weighted by molar-refractivity contribution is 7.47. The Morgan fingerprint density at radius 1 is 0.508 bits per heavy atom. The number of carbonyl (C=O) groups excluding carboxylic acids is 3. The molecule has 0 aromatic heterocycles. The minimum atomic E-state index is -4.64. The maximum atomic E-state index is 12.7. The number of carboxylic acids is 1. The van der Waals surface area contributed by atoms with Crippen molar-refractivity contribution in [2.24, 2.45) is 0 Å². The number of alkyl carbamates (subject to hydrolysis) is 1. The predicted octanol–water partition coefficient (Wildman–Crippen LogP) is 11.9. The molecule has 0 aliphatic rings. The molecule has 15 heteroatoms. The molecule has 0 rings (SSSR count). The minimum absolute atomic E-state index is 0.115. The Morgan fingerprint density at radius 2 is 0.918 bits per heavy atom. The van der Waals surface area contributed by atoms with Gasteiger partial charge in [0.25, 0.3) is 0 Å². The summed E-state index contributed by atoms with van der Waals surface area (Å²) in [5, 5.41) is 10.8. The van der Waals surface area contributed by atoms with Crippen molar-refractivity contribution >= 4 is 31.8 Å². The number of ether oxygens (including phenoxy) is 4. The van der Waals surface area contributed by atoms with Crippen molar-refractivity contribution in [1.29, 1.82) is 0 Å². The molecule has 0 aromatic rings. The van der Waals surface area contributed by atoms with Crippen LogP contribution < -0.4 is 5.32 Å². The van der Waals surface area contributed by atoms with Gasteiger partial charge in [0.15, 0.2) is 6.10 Å². The summed E-state index contributed by atoms with van der Waals surface area (Å²) in [5.74, 6) is -2.09. The summed E-state index contributed by atoms with van der Waals surface area (Å²) in [6.07, 6.45) is 34.9. The second kappa shape index (κ2) is 44.4. The van der Waals surface area contributed by atoms with Gasteiger partial charge < -0.3 is 34.3 Å². The molecule has 0 saturated carbocycles. The van der Waals surface area contributed by atoms with Crippen LogP contribution in [0.3, 0.4) is 0 Å². The molecule has 2 unspecified atom stereocenters. The lowest BCUT2D eigenvalue weighted by molar-refractivity contribution is -0.161. The topological polar surface area (TPSA) is 193 Å². The van der Waals surface area contributed by atoms with Crippen molar-refractivity contribution in [3.63, 3.8) is 0 Å². The summed E-state index contributed by atoms with van der Waals surface area (Å²) in [6, 6.07) is 0. The average molecular weight is 894 g/mol. The molecule has 0 aliphatic heterocycles. The molecule has 0 aromatic carbocycles. The van der Waals surface area contributed by atoms with Crippen molar-refractivity contribution < 1.29 is 61.7 Å². The number of nitrogens with one attached hydrogen (secondary N) is 1. The Hall–Kier alpha value is -2.25. The molecule has 14 nitrogen and oxygen atoms in total. The van der Waals surface area contributed by atoms with Crippen LogP contribution in [0.4, 0.5) is 4.79 Å². The monoisotopic (exact) mass is 894 g/mol. The fourth-order valence-electron chi connectivity index (χ4n) is 6.83. The first kappa shape index (κ1) is 58.8. The number of phosphoric ester groups is 1. The van der Waals surface area contributed by atoms with Crippen LogP contribution in [0.15, 0.2) is 0 Å². The van der Waals surface area contributed by atoms with Gasteiger partial charge >= 0.3 is 31.8 Å². The standard InChI is InChI=1S/C46H88NO13P/c1-3-5-7-9-11-13-15-17-19-21-23-25-27-29-31-33-44(50)57-39-42(40-59-61(53,54)58-36-35-47-46(52)56-38-37-55-41-43(48)49)60-45(51)34-32-30-28-26-24-22-20-18-16-14-12-10-8-6-4-2/h42H,3-41H2,1-2H3,(H,47,52)(H,48,49)(H,53,54). The molecular formula is C46H88NO13P. The van der Waals surface area contributed by atoms with Crippen molar-refractivity contribution in [2.75, 3.05) is 46.2 Å². The molecule has 0 fully saturated rings. The maximum absolute atomic E-state index is 12.7. The molecule has 61 heavy (non-hydrogen) atoms. The highest BCUT2D eigenvalue weighted by Crippen LogP contribution is 2.43. The zero-order valence-corrected chi connectivity index (χ0v) is 39.4. The first-order chi connectivity index (χ1) is 29.6. The van der Waals surface area contributed by atoms with E-state index in [1.807, 2.05) is 0 Å². The fraction of sp³-hybridized carbons (Fsp3) is 0.913. The number of phosphoric acid groups is 1. The van der Waals surface area contributed by atoms with Gasteiger partial charge in [-0.25, -0.2) is 14.2 Å². The van der Waals surface area contributed by atoms with E-state index in [2.05, 4.69) is 19.2 Å². The quantitative estimate of drug-likeness (QED) is 0.0226. The van der Waals surface area contributed by atoms with Crippen LogP contribution in [0.5, 0.6) is 0 Å². The number of unbranched alkanes of at least 4 members (excludes halogenated alkanes) is 28. The van der Waals surface area contributed by atoms with E-state index in [-0.39, 0.29) is 39.2 Å². The van der Waals surface area contributed by atoms with E-state index in [0.717, 1.165) is 38.5 Å². The molecule has 0 saturated heterocycles. The molecule has 0 radical (unpaired) electrons. The summed E-state index contributed by atoms with van der Waals surface area (Å²) in [7, 11) is -4.64. The lowest BCUT2D eigenvalue weighted by Crippen LogP contribution is -2.30. The van der Waals surface area contributed by atoms with Gasteiger partial charge in [-0.15, -0.1) is 0 Å². The molecule has 360 valence electrons. The highest BCUT2D eigenvalue weighted by atomic mass is 31.2. The molecular weight excluding hydrogens is 805 g/mol. The smallest absolute Gasteiger partial charge is 0.472 e. The number of hydrogen-bond donors (Lipinski definition) is 3. The second-order valence-corrected chi connectivity index (χ2v) is 17.8. The van der Waals surface area contributed by atoms with Crippen LogP contribution in [0.2, 0.25) is 0 Å². The Kier molecular flexibility index (Phi) is 42.7. The minimum Gasteiger partial charge on any atom is -0.480 e. The zero-order chi connectivity index (χ0) is 44.9. The zero-order valence-electron chi connectivity index (χ0n) is 38.5. The second-order valence-electron chi connectivity index (χ2n) is 16.3. The predicted molar refractivity (Wildman–Crippen MR) is 239 cm³/mol. The number of amides is 1. The molecule has 0 aliphatic carbocycles. The van der Waals surface area contributed by atoms with Gasteiger partial charge in [0.2, 0.25) is 0 Å². The summed E-state index contributed by atoms with van der Waals surface area (Å²) in [6.45, 7) is 2.19. The Balaban J connectivity index is 4.49. The van der Waals surface area contributed by atoms with E-state index in [0.29, 0.717) is 12.8 Å². The van der Waals surface area contributed by atoms with Crippen LogP contribution in [-0.2, 0) is 46.9 Å². The normalized spacial score (nSPS) is 12.8. The van der Waals surface area contributed by atoms with E-state index in [1.54, 1.807) is 0 Å². The molecule has 1 amide bonds. The summed E-state index contributed by atoms with van der Waals surface area (Å²) in [4.78, 5) is 57.6. The molecule has 0 spiro atoms.